The van der Waals surface area contributed by atoms with Gasteiger partial charge in [0.2, 0.25) is 0 Å². The first-order valence-corrected chi connectivity index (χ1v) is 9.23. The lowest BCUT2D eigenvalue weighted by atomic mass is 10.3. The molecule has 0 N–H and O–H groups in total. The lowest BCUT2D eigenvalue weighted by Gasteiger charge is -2.19. The Balaban J connectivity index is 1.52. The molecule has 1 fully saturated rings. The molecule has 1 unspecified atom stereocenters. The lowest BCUT2D eigenvalue weighted by Crippen LogP contribution is -2.38. The van der Waals surface area contributed by atoms with Gasteiger partial charge in [-0.1, -0.05) is 0 Å². The molecule has 0 radical (unpaired) electrons. The topological polar surface area (TPSA) is 68.7 Å². The summed E-state index contributed by atoms with van der Waals surface area (Å²) in [4.78, 5) is 30.2. The van der Waals surface area contributed by atoms with Crippen LogP contribution < -0.4 is 4.74 Å². The van der Waals surface area contributed by atoms with Crippen LogP contribution in [0.1, 0.15) is 35.3 Å². The van der Waals surface area contributed by atoms with Crippen molar-refractivity contribution in [2.24, 2.45) is 0 Å². The minimum absolute atomic E-state index is 0.147. The number of thiazole rings is 1. The molecule has 1 atom stereocenters. The van der Waals surface area contributed by atoms with Gasteiger partial charge >= 0.3 is 5.97 Å². The van der Waals surface area contributed by atoms with Crippen molar-refractivity contribution in [2.75, 3.05) is 13.1 Å². The molecular formula is C18H19FN2O4S. The molecule has 2 heterocycles. The summed E-state index contributed by atoms with van der Waals surface area (Å²) in [5, 5.41) is 2.15. The molecule has 1 amide bonds. The molecule has 1 aliphatic rings. The number of likely N-dealkylation sites (tertiary alicyclic amines) is 1. The van der Waals surface area contributed by atoms with E-state index in [4.69, 9.17) is 9.47 Å². The summed E-state index contributed by atoms with van der Waals surface area (Å²) in [6.45, 7) is 3.15. The van der Waals surface area contributed by atoms with Crippen LogP contribution in [0.15, 0.2) is 29.6 Å². The highest BCUT2D eigenvalue weighted by Gasteiger charge is 2.27. The molecule has 3 rings (SSSR count). The van der Waals surface area contributed by atoms with Crippen molar-refractivity contribution in [3.63, 3.8) is 0 Å². The van der Waals surface area contributed by atoms with Gasteiger partial charge in [-0.2, -0.15) is 0 Å². The van der Waals surface area contributed by atoms with Crippen molar-refractivity contribution in [1.82, 2.24) is 9.88 Å². The maximum Gasteiger partial charge on any atom is 0.358 e. The van der Waals surface area contributed by atoms with E-state index < -0.39 is 12.1 Å². The number of rotatable bonds is 6. The van der Waals surface area contributed by atoms with Gasteiger partial charge in [0.25, 0.3) is 5.91 Å². The van der Waals surface area contributed by atoms with Gasteiger partial charge in [-0.25, -0.2) is 14.2 Å². The summed E-state index contributed by atoms with van der Waals surface area (Å²) in [6.07, 6.45) is 1.13. The fraction of sp³-hybridized carbons (Fsp3) is 0.389. The highest BCUT2D eigenvalue weighted by Crippen LogP contribution is 2.17. The van der Waals surface area contributed by atoms with E-state index in [9.17, 15) is 14.0 Å². The Bertz CT molecular complexity index is 772. The number of aromatic nitrogens is 1. The van der Waals surface area contributed by atoms with E-state index in [0.717, 1.165) is 12.8 Å². The first-order chi connectivity index (χ1) is 12.5. The second-order valence-electron chi connectivity index (χ2n) is 5.95. The molecule has 1 saturated heterocycles. The number of hydrogen-bond acceptors (Lipinski definition) is 6. The van der Waals surface area contributed by atoms with Crippen LogP contribution in [0.25, 0.3) is 0 Å². The third-order valence-corrected chi connectivity index (χ3v) is 4.81. The van der Waals surface area contributed by atoms with Crippen LogP contribution in [-0.2, 0) is 16.1 Å². The molecule has 138 valence electrons. The molecule has 6 nitrogen and oxygen atoms in total. The van der Waals surface area contributed by atoms with Crippen LogP contribution >= 0.6 is 11.3 Å². The number of esters is 1. The molecule has 0 spiro atoms. The summed E-state index contributed by atoms with van der Waals surface area (Å²) in [7, 11) is 0. The van der Waals surface area contributed by atoms with Gasteiger partial charge in [-0.15, -0.1) is 11.3 Å². The molecule has 0 aliphatic carbocycles. The van der Waals surface area contributed by atoms with Crippen molar-refractivity contribution < 1.29 is 23.5 Å². The largest absolute Gasteiger partial charge is 0.486 e. The van der Waals surface area contributed by atoms with Crippen molar-refractivity contribution >= 4 is 23.2 Å². The van der Waals surface area contributed by atoms with E-state index in [1.807, 2.05) is 0 Å². The van der Waals surface area contributed by atoms with Gasteiger partial charge in [0.1, 0.15) is 23.2 Å². The molecule has 8 heteroatoms. The summed E-state index contributed by atoms with van der Waals surface area (Å²) in [5.74, 6) is -0.634. The number of ether oxygens (including phenoxy) is 2. The first-order valence-electron chi connectivity index (χ1n) is 8.35. The SMILES string of the molecule is CC(OC(=O)c1csc(COc2ccc(F)cc2)n1)C(=O)N1CCCC1. The van der Waals surface area contributed by atoms with E-state index in [0.29, 0.717) is 23.8 Å². The number of benzene rings is 1. The van der Waals surface area contributed by atoms with E-state index in [2.05, 4.69) is 4.98 Å². The van der Waals surface area contributed by atoms with Gasteiger partial charge in [0.15, 0.2) is 11.8 Å². The smallest absolute Gasteiger partial charge is 0.358 e. The van der Waals surface area contributed by atoms with E-state index >= 15 is 0 Å². The van der Waals surface area contributed by atoms with Gasteiger partial charge < -0.3 is 14.4 Å². The van der Waals surface area contributed by atoms with Crippen molar-refractivity contribution in [2.45, 2.75) is 32.5 Å². The highest BCUT2D eigenvalue weighted by molar-refractivity contribution is 7.09. The van der Waals surface area contributed by atoms with E-state index in [1.54, 1.807) is 17.2 Å². The number of halogens is 1. The van der Waals surface area contributed by atoms with Crippen LogP contribution in [0.2, 0.25) is 0 Å². The van der Waals surface area contributed by atoms with Crippen molar-refractivity contribution in [1.29, 1.82) is 0 Å². The van der Waals surface area contributed by atoms with Crippen LogP contribution in [0, 0.1) is 5.82 Å². The zero-order chi connectivity index (χ0) is 18.5. The zero-order valence-corrected chi connectivity index (χ0v) is 15.1. The standard InChI is InChI=1S/C18H19FN2O4S/c1-12(17(22)21-8-2-3-9-21)25-18(23)15-11-26-16(20-15)10-24-14-6-4-13(19)5-7-14/h4-7,11-12H,2-3,8-10H2,1H3. The van der Waals surface area contributed by atoms with Crippen LogP contribution in [0.3, 0.4) is 0 Å². The van der Waals surface area contributed by atoms with Crippen molar-refractivity contribution in [3.8, 4) is 5.75 Å². The summed E-state index contributed by atoms with van der Waals surface area (Å²) in [6, 6.07) is 5.64. The van der Waals surface area contributed by atoms with Crippen LogP contribution in [0.4, 0.5) is 4.39 Å². The van der Waals surface area contributed by atoms with Crippen molar-refractivity contribution in [3.05, 3.63) is 46.2 Å². The van der Waals surface area contributed by atoms with Crippen LogP contribution in [-0.4, -0.2) is 41.0 Å². The quantitative estimate of drug-likeness (QED) is 0.723. The second-order valence-corrected chi connectivity index (χ2v) is 6.89. The first kappa shape index (κ1) is 18.3. The monoisotopic (exact) mass is 378 g/mol. The summed E-state index contributed by atoms with van der Waals surface area (Å²) < 4.78 is 23.6. The predicted octanol–water partition coefficient (Wildman–Crippen LogP) is 3.03. The molecule has 1 aromatic heterocycles. The minimum Gasteiger partial charge on any atom is -0.486 e. The lowest BCUT2D eigenvalue weighted by molar-refractivity contribution is -0.138. The number of amides is 1. The Morgan fingerprint density at radius 3 is 2.65 bits per heavy atom. The fourth-order valence-corrected chi connectivity index (χ4v) is 3.29. The molecule has 1 aromatic carbocycles. The maximum atomic E-state index is 12.9. The third kappa shape index (κ3) is 4.57. The summed E-state index contributed by atoms with van der Waals surface area (Å²) >= 11 is 1.25. The Labute approximate surface area is 154 Å². The van der Waals surface area contributed by atoms with Gasteiger partial charge in [-0.3, -0.25) is 4.79 Å². The van der Waals surface area contributed by atoms with E-state index in [-0.39, 0.29) is 24.0 Å². The molecule has 0 bridgehead atoms. The second kappa shape index (κ2) is 8.27. The maximum absolute atomic E-state index is 12.9. The van der Waals surface area contributed by atoms with E-state index in [1.165, 1.54) is 35.6 Å². The molecule has 26 heavy (non-hydrogen) atoms. The Morgan fingerprint density at radius 1 is 1.27 bits per heavy atom. The summed E-state index contributed by atoms with van der Waals surface area (Å²) in [5.41, 5.74) is 0.147. The third-order valence-electron chi connectivity index (χ3n) is 3.99. The Hall–Kier alpha value is -2.48. The molecule has 1 aliphatic heterocycles. The zero-order valence-electron chi connectivity index (χ0n) is 14.3. The molecular weight excluding hydrogens is 359 g/mol. The Morgan fingerprint density at radius 2 is 1.96 bits per heavy atom. The van der Waals surface area contributed by atoms with Gasteiger partial charge in [0.05, 0.1) is 0 Å². The van der Waals surface area contributed by atoms with Crippen LogP contribution in [0.5, 0.6) is 5.75 Å². The normalized spacial score (nSPS) is 14.9. The number of carbonyl (C=O) groups excluding carboxylic acids is 2. The highest BCUT2D eigenvalue weighted by atomic mass is 32.1. The number of hydrogen-bond donors (Lipinski definition) is 0. The predicted molar refractivity (Wildman–Crippen MR) is 93.5 cm³/mol. The minimum atomic E-state index is -0.832. The average Bonchev–Trinajstić information content (AvgIpc) is 3.32. The molecule has 2 aromatic rings. The fourth-order valence-electron chi connectivity index (χ4n) is 2.61. The Kier molecular flexibility index (Phi) is 5.82. The number of nitrogens with zero attached hydrogens (tertiary/aromatic N) is 2. The van der Waals surface area contributed by atoms with Gasteiger partial charge in [-0.05, 0) is 44.0 Å². The van der Waals surface area contributed by atoms with Gasteiger partial charge in [0, 0.05) is 18.5 Å². The average molecular weight is 378 g/mol. The number of carbonyl (C=O) groups is 2. The molecule has 0 saturated carbocycles.